The molecule has 19 heavy (non-hydrogen) atoms. The first kappa shape index (κ1) is 14.8. The van der Waals surface area contributed by atoms with Crippen LogP contribution in [-0.4, -0.2) is 26.2 Å². The van der Waals surface area contributed by atoms with E-state index in [0.717, 1.165) is 30.3 Å². The highest BCUT2D eigenvalue weighted by atomic mass is 79.9. The number of hydrogen-bond donors (Lipinski definition) is 1. The molecule has 1 aliphatic rings. The van der Waals surface area contributed by atoms with E-state index in [1.165, 1.54) is 0 Å². The Kier molecular flexibility index (Phi) is 4.87. The van der Waals surface area contributed by atoms with Crippen LogP contribution in [-0.2, 0) is 4.74 Å². The summed E-state index contributed by atoms with van der Waals surface area (Å²) in [5.41, 5.74) is 0.753. The Bertz CT molecular complexity index is 475. The number of nitrogens with one attached hydrogen (secondary N) is 1. The Morgan fingerprint density at radius 1 is 1.53 bits per heavy atom. The quantitative estimate of drug-likeness (QED) is 0.854. The molecule has 0 heterocycles. The average molecular weight is 347 g/mol. The molecular formula is C14H17BrClNO2. The van der Waals surface area contributed by atoms with Crippen molar-refractivity contribution in [1.82, 2.24) is 5.32 Å². The first-order chi connectivity index (χ1) is 9.08. The molecule has 1 aromatic rings. The number of carbonyl (C=O) groups is 1. The largest absolute Gasteiger partial charge is 0.385 e. The van der Waals surface area contributed by atoms with E-state index < -0.39 is 0 Å². The van der Waals surface area contributed by atoms with Crippen LogP contribution in [0, 0.1) is 5.41 Å². The van der Waals surface area contributed by atoms with Gasteiger partial charge < -0.3 is 10.1 Å². The van der Waals surface area contributed by atoms with Gasteiger partial charge in [0.15, 0.2) is 0 Å². The van der Waals surface area contributed by atoms with Gasteiger partial charge in [0.25, 0.3) is 5.91 Å². The SMILES string of the molecule is COCCC1(CNC(=O)c2cccc(Br)c2Cl)CC1. The summed E-state index contributed by atoms with van der Waals surface area (Å²) in [6.45, 7) is 1.44. The minimum absolute atomic E-state index is 0.116. The summed E-state index contributed by atoms with van der Waals surface area (Å²) < 4.78 is 5.84. The van der Waals surface area contributed by atoms with Crippen molar-refractivity contribution >= 4 is 33.4 Å². The monoisotopic (exact) mass is 345 g/mol. The van der Waals surface area contributed by atoms with Gasteiger partial charge in [-0.3, -0.25) is 4.79 Å². The molecule has 0 bridgehead atoms. The fraction of sp³-hybridized carbons (Fsp3) is 0.500. The lowest BCUT2D eigenvalue weighted by Gasteiger charge is -2.16. The number of halogens is 2. The Morgan fingerprint density at radius 3 is 2.89 bits per heavy atom. The first-order valence-corrected chi connectivity index (χ1v) is 7.46. The van der Waals surface area contributed by atoms with E-state index in [-0.39, 0.29) is 11.3 Å². The fourth-order valence-corrected chi connectivity index (χ4v) is 2.63. The molecule has 0 atom stereocenters. The number of benzene rings is 1. The smallest absolute Gasteiger partial charge is 0.252 e. The maximum Gasteiger partial charge on any atom is 0.252 e. The maximum atomic E-state index is 12.1. The van der Waals surface area contributed by atoms with E-state index >= 15 is 0 Å². The molecular weight excluding hydrogens is 330 g/mol. The van der Waals surface area contributed by atoms with Gasteiger partial charge >= 0.3 is 0 Å². The summed E-state index contributed by atoms with van der Waals surface area (Å²) in [7, 11) is 1.70. The highest BCUT2D eigenvalue weighted by Crippen LogP contribution is 2.48. The Hall–Kier alpha value is -0.580. The lowest BCUT2D eigenvalue weighted by molar-refractivity contribution is 0.0938. The van der Waals surface area contributed by atoms with E-state index in [1.54, 1.807) is 13.2 Å². The molecule has 1 amide bonds. The molecule has 0 radical (unpaired) electrons. The summed E-state index contributed by atoms with van der Waals surface area (Å²) in [5.74, 6) is -0.116. The minimum Gasteiger partial charge on any atom is -0.385 e. The van der Waals surface area contributed by atoms with Crippen LogP contribution in [0.4, 0.5) is 0 Å². The minimum atomic E-state index is -0.116. The molecule has 0 unspecified atom stereocenters. The van der Waals surface area contributed by atoms with Gasteiger partial charge in [0.2, 0.25) is 0 Å². The lowest BCUT2D eigenvalue weighted by atomic mass is 10.0. The molecule has 2 rings (SSSR count). The molecule has 3 nitrogen and oxygen atoms in total. The molecule has 0 saturated heterocycles. The van der Waals surface area contributed by atoms with E-state index in [1.807, 2.05) is 12.1 Å². The molecule has 1 aliphatic carbocycles. The van der Waals surface area contributed by atoms with E-state index in [0.29, 0.717) is 17.1 Å². The van der Waals surface area contributed by atoms with Crippen molar-refractivity contribution in [3.63, 3.8) is 0 Å². The molecule has 1 saturated carbocycles. The summed E-state index contributed by atoms with van der Waals surface area (Å²) in [5, 5.41) is 3.44. The van der Waals surface area contributed by atoms with Crippen LogP contribution < -0.4 is 5.32 Å². The van der Waals surface area contributed by atoms with Crippen LogP contribution in [0.25, 0.3) is 0 Å². The third kappa shape index (κ3) is 3.71. The molecule has 104 valence electrons. The topological polar surface area (TPSA) is 38.3 Å². The highest BCUT2D eigenvalue weighted by Gasteiger charge is 2.42. The molecule has 1 fully saturated rings. The van der Waals surface area contributed by atoms with Crippen molar-refractivity contribution in [3.05, 3.63) is 33.3 Å². The standard InChI is InChI=1S/C14H17BrClNO2/c1-19-8-7-14(5-6-14)9-17-13(18)10-3-2-4-11(15)12(10)16/h2-4H,5-9H2,1H3,(H,17,18). The van der Waals surface area contributed by atoms with Crippen molar-refractivity contribution in [3.8, 4) is 0 Å². The number of carbonyl (C=O) groups excluding carboxylic acids is 1. The van der Waals surface area contributed by atoms with Crippen LogP contribution in [0.3, 0.4) is 0 Å². The average Bonchev–Trinajstić information content (AvgIpc) is 3.17. The van der Waals surface area contributed by atoms with Crippen LogP contribution >= 0.6 is 27.5 Å². The summed E-state index contributed by atoms with van der Waals surface area (Å²) in [6, 6.07) is 5.36. The molecule has 5 heteroatoms. The van der Waals surface area contributed by atoms with Gasteiger partial charge in [-0.1, -0.05) is 17.7 Å². The molecule has 0 aromatic heterocycles. The van der Waals surface area contributed by atoms with Crippen LogP contribution in [0.15, 0.2) is 22.7 Å². The molecule has 0 aliphatic heterocycles. The number of methoxy groups -OCH3 is 1. The maximum absolute atomic E-state index is 12.1. The summed E-state index contributed by atoms with van der Waals surface area (Å²) >= 11 is 9.43. The Morgan fingerprint density at radius 2 is 2.26 bits per heavy atom. The predicted octanol–water partition coefficient (Wildman–Crippen LogP) is 3.65. The van der Waals surface area contributed by atoms with Gasteiger partial charge in [-0.25, -0.2) is 0 Å². The van der Waals surface area contributed by atoms with Crippen molar-refractivity contribution in [2.45, 2.75) is 19.3 Å². The predicted molar refractivity (Wildman–Crippen MR) is 79.6 cm³/mol. The molecule has 0 spiro atoms. The summed E-state index contributed by atoms with van der Waals surface area (Å²) in [6.07, 6.45) is 3.31. The van der Waals surface area contributed by atoms with Crippen molar-refractivity contribution in [2.24, 2.45) is 5.41 Å². The number of hydrogen-bond acceptors (Lipinski definition) is 2. The third-order valence-corrected chi connectivity index (χ3v) is 4.91. The van der Waals surface area contributed by atoms with Crippen molar-refractivity contribution in [1.29, 1.82) is 0 Å². The second kappa shape index (κ2) is 6.25. The normalized spacial score (nSPS) is 16.2. The number of amides is 1. The van der Waals surface area contributed by atoms with Gasteiger partial charge in [0, 0.05) is 24.7 Å². The Balaban J connectivity index is 1.93. The number of rotatable bonds is 6. The van der Waals surface area contributed by atoms with Gasteiger partial charge in [0.05, 0.1) is 10.6 Å². The second-order valence-corrected chi connectivity index (χ2v) is 6.26. The third-order valence-electron chi connectivity index (χ3n) is 3.61. The number of ether oxygens (including phenoxy) is 1. The zero-order chi connectivity index (χ0) is 13.9. The molecule has 1 N–H and O–H groups in total. The van der Waals surface area contributed by atoms with Crippen LogP contribution in [0.2, 0.25) is 5.02 Å². The zero-order valence-corrected chi connectivity index (χ0v) is 13.2. The van der Waals surface area contributed by atoms with Gasteiger partial charge in [-0.15, -0.1) is 0 Å². The van der Waals surface area contributed by atoms with E-state index in [9.17, 15) is 4.79 Å². The van der Waals surface area contributed by atoms with Gasteiger partial charge in [-0.2, -0.15) is 0 Å². The van der Waals surface area contributed by atoms with Gasteiger partial charge in [0.1, 0.15) is 0 Å². The van der Waals surface area contributed by atoms with Crippen molar-refractivity contribution < 1.29 is 9.53 Å². The fourth-order valence-electron chi connectivity index (χ4n) is 2.05. The molecule has 1 aromatic carbocycles. The first-order valence-electron chi connectivity index (χ1n) is 6.29. The van der Waals surface area contributed by atoms with Gasteiger partial charge in [-0.05, 0) is 52.7 Å². The van der Waals surface area contributed by atoms with E-state index in [4.69, 9.17) is 16.3 Å². The zero-order valence-electron chi connectivity index (χ0n) is 10.8. The van der Waals surface area contributed by atoms with Crippen LogP contribution in [0.5, 0.6) is 0 Å². The van der Waals surface area contributed by atoms with E-state index in [2.05, 4.69) is 21.2 Å². The summed E-state index contributed by atoms with van der Waals surface area (Å²) in [4.78, 5) is 12.1. The Labute approximate surface area is 126 Å². The lowest BCUT2D eigenvalue weighted by Crippen LogP contribution is -2.31. The second-order valence-electron chi connectivity index (χ2n) is 5.03. The van der Waals surface area contributed by atoms with Crippen LogP contribution in [0.1, 0.15) is 29.6 Å². The highest BCUT2D eigenvalue weighted by molar-refractivity contribution is 9.10. The van der Waals surface area contributed by atoms with Crippen molar-refractivity contribution in [2.75, 3.05) is 20.3 Å².